The van der Waals surface area contributed by atoms with Crippen LogP contribution in [0.1, 0.15) is 31.1 Å². The van der Waals surface area contributed by atoms with Crippen molar-refractivity contribution in [2.24, 2.45) is 5.73 Å². The number of hydrogen-bond donors (Lipinski definition) is 1. The summed E-state index contributed by atoms with van der Waals surface area (Å²) in [5.74, 6) is 0.830. The van der Waals surface area contributed by atoms with Gasteiger partial charge in [0.2, 0.25) is 0 Å². The number of nitrogens with zero attached hydrogens (tertiary/aromatic N) is 2. The first-order valence-corrected chi connectivity index (χ1v) is 6.19. The van der Waals surface area contributed by atoms with Crippen molar-refractivity contribution in [1.29, 1.82) is 0 Å². The fraction of sp³-hybridized carbons (Fsp3) is 0.333. The molecule has 1 atom stereocenters. The average Bonchev–Trinajstić information content (AvgIpc) is 2.81. The van der Waals surface area contributed by atoms with Crippen molar-refractivity contribution in [1.82, 2.24) is 8.75 Å². The van der Waals surface area contributed by atoms with E-state index in [1.807, 2.05) is 38.1 Å². The SMILES string of the molecule is CC(C)Oc1cccc(C(N)c2cnsn2)c1. The van der Waals surface area contributed by atoms with E-state index in [-0.39, 0.29) is 12.1 Å². The smallest absolute Gasteiger partial charge is 0.120 e. The first-order valence-electron chi connectivity index (χ1n) is 5.46. The number of ether oxygens (including phenoxy) is 1. The fourth-order valence-electron chi connectivity index (χ4n) is 1.53. The molecule has 1 unspecified atom stereocenters. The van der Waals surface area contributed by atoms with Crippen LogP contribution in [0.25, 0.3) is 0 Å². The van der Waals surface area contributed by atoms with Gasteiger partial charge in [0.15, 0.2) is 0 Å². The molecule has 2 aromatic rings. The number of aromatic nitrogens is 2. The molecule has 0 bridgehead atoms. The molecule has 0 aliphatic rings. The average molecular weight is 249 g/mol. The molecular weight excluding hydrogens is 234 g/mol. The summed E-state index contributed by atoms with van der Waals surface area (Å²) in [6, 6.07) is 7.54. The zero-order valence-electron chi connectivity index (χ0n) is 9.83. The van der Waals surface area contributed by atoms with Crippen molar-refractivity contribution in [2.45, 2.75) is 26.0 Å². The highest BCUT2D eigenvalue weighted by atomic mass is 32.1. The van der Waals surface area contributed by atoms with Gasteiger partial charge in [0, 0.05) is 0 Å². The van der Waals surface area contributed by atoms with Gasteiger partial charge < -0.3 is 10.5 Å². The zero-order valence-corrected chi connectivity index (χ0v) is 10.6. The third-order valence-corrected chi connectivity index (χ3v) is 2.78. The largest absolute Gasteiger partial charge is 0.491 e. The van der Waals surface area contributed by atoms with Crippen molar-refractivity contribution in [3.8, 4) is 5.75 Å². The summed E-state index contributed by atoms with van der Waals surface area (Å²) in [6.45, 7) is 3.99. The summed E-state index contributed by atoms with van der Waals surface area (Å²) in [5, 5.41) is 0. The van der Waals surface area contributed by atoms with Crippen molar-refractivity contribution in [3.05, 3.63) is 41.7 Å². The van der Waals surface area contributed by atoms with Crippen molar-refractivity contribution in [2.75, 3.05) is 0 Å². The Morgan fingerprint density at radius 1 is 1.35 bits per heavy atom. The predicted octanol–water partition coefficient (Wildman–Crippen LogP) is 2.37. The van der Waals surface area contributed by atoms with E-state index in [9.17, 15) is 0 Å². The summed E-state index contributed by atoms with van der Waals surface area (Å²) in [5.41, 5.74) is 7.88. The van der Waals surface area contributed by atoms with Gasteiger partial charge in [0.05, 0.1) is 35.8 Å². The molecule has 0 saturated carbocycles. The van der Waals surface area contributed by atoms with Crippen molar-refractivity contribution in [3.63, 3.8) is 0 Å². The first-order chi connectivity index (χ1) is 8.16. The van der Waals surface area contributed by atoms with Crippen LogP contribution < -0.4 is 10.5 Å². The molecule has 0 aliphatic carbocycles. The lowest BCUT2D eigenvalue weighted by atomic mass is 10.1. The molecule has 2 rings (SSSR count). The van der Waals surface area contributed by atoms with E-state index in [2.05, 4.69) is 8.75 Å². The van der Waals surface area contributed by atoms with Crippen LogP contribution in [0.15, 0.2) is 30.5 Å². The van der Waals surface area contributed by atoms with Crippen LogP contribution in [0.4, 0.5) is 0 Å². The monoisotopic (exact) mass is 249 g/mol. The predicted molar refractivity (Wildman–Crippen MR) is 68.1 cm³/mol. The van der Waals surface area contributed by atoms with Gasteiger partial charge in [-0.15, -0.1) is 0 Å². The summed E-state index contributed by atoms with van der Waals surface area (Å²) in [6.07, 6.45) is 1.85. The summed E-state index contributed by atoms with van der Waals surface area (Å²) >= 11 is 1.17. The number of benzene rings is 1. The summed E-state index contributed by atoms with van der Waals surface area (Å²) in [7, 11) is 0. The standard InChI is InChI=1S/C12H15N3OS/c1-8(2)16-10-5-3-4-9(6-10)12(13)11-7-14-17-15-11/h3-8,12H,13H2,1-2H3. The lowest BCUT2D eigenvalue weighted by molar-refractivity contribution is 0.242. The first kappa shape index (κ1) is 12.0. The molecular formula is C12H15N3OS. The molecule has 0 saturated heterocycles. The molecule has 0 aliphatic heterocycles. The summed E-state index contributed by atoms with van der Waals surface area (Å²) < 4.78 is 13.7. The topological polar surface area (TPSA) is 61.0 Å². The normalized spacial score (nSPS) is 12.7. The number of hydrogen-bond acceptors (Lipinski definition) is 5. The Morgan fingerprint density at radius 3 is 2.82 bits per heavy atom. The molecule has 1 aromatic carbocycles. The van der Waals surface area contributed by atoms with Crippen LogP contribution in [-0.4, -0.2) is 14.9 Å². The molecule has 90 valence electrons. The maximum atomic E-state index is 6.11. The van der Waals surface area contributed by atoms with Crippen LogP contribution in [0.5, 0.6) is 5.75 Å². The van der Waals surface area contributed by atoms with Gasteiger partial charge in [-0.25, -0.2) is 0 Å². The molecule has 5 heteroatoms. The van der Waals surface area contributed by atoms with Gasteiger partial charge in [-0.2, -0.15) is 8.75 Å². The number of nitrogens with two attached hydrogens (primary N) is 1. The second-order valence-electron chi connectivity index (χ2n) is 4.05. The van der Waals surface area contributed by atoms with Crippen LogP contribution in [0, 0.1) is 0 Å². The Bertz CT molecular complexity index is 470. The Hall–Kier alpha value is -1.46. The minimum atomic E-state index is -0.246. The highest BCUT2D eigenvalue weighted by Gasteiger charge is 2.12. The fourth-order valence-corrected chi connectivity index (χ4v) is 1.99. The maximum absolute atomic E-state index is 6.11. The van der Waals surface area contributed by atoms with E-state index >= 15 is 0 Å². The molecule has 2 N–H and O–H groups in total. The van der Waals surface area contributed by atoms with Gasteiger partial charge in [-0.1, -0.05) is 12.1 Å². The molecule has 1 heterocycles. The van der Waals surface area contributed by atoms with Crippen LogP contribution in [0.2, 0.25) is 0 Å². The van der Waals surface area contributed by atoms with Crippen LogP contribution in [-0.2, 0) is 0 Å². The van der Waals surface area contributed by atoms with Gasteiger partial charge in [-0.05, 0) is 31.5 Å². The number of rotatable bonds is 4. The summed E-state index contributed by atoms with van der Waals surface area (Å²) in [4.78, 5) is 0. The van der Waals surface area contributed by atoms with E-state index in [0.29, 0.717) is 0 Å². The van der Waals surface area contributed by atoms with E-state index in [1.54, 1.807) is 6.20 Å². The molecule has 0 spiro atoms. The second-order valence-corrected chi connectivity index (χ2v) is 4.61. The Balaban J connectivity index is 2.21. The minimum absolute atomic E-state index is 0.155. The molecule has 1 aromatic heterocycles. The second kappa shape index (κ2) is 5.25. The molecule has 0 radical (unpaired) electrons. The zero-order chi connectivity index (χ0) is 12.3. The van der Waals surface area contributed by atoms with E-state index < -0.39 is 0 Å². The van der Waals surface area contributed by atoms with Crippen LogP contribution >= 0.6 is 11.7 Å². The molecule has 0 amide bonds. The Kier molecular flexibility index (Phi) is 3.71. The van der Waals surface area contributed by atoms with Gasteiger partial charge in [-0.3, -0.25) is 0 Å². The van der Waals surface area contributed by atoms with Crippen LogP contribution in [0.3, 0.4) is 0 Å². The van der Waals surface area contributed by atoms with Gasteiger partial charge in [0.1, 0.15) is 5.75 Å². The van der Waals surface area contributed by atoms with Gasteiger partial charge in [0.25, 0.3) is 0 Å². The van der Waals surface area contributed by atoms with E-state index in [0.717, 1.165) is 17.0 Å². The Morgan fingerprint density at radius 2 is 2.18 bits per heavy atom. The molecule has 4 nitrogen and oxygen atoms in total. The van der Waals surface area contributed by atoms with Crippen molar-refractivity contribution < 1.29 is 4.74 Å². The lowest BCUT2D eigenvalue weighted by Gasteiger charge is -2.13. The van der Waals surface area contributed by atoms with Gasteiger partial charge >= 0.3 is 0 Å². The molecule has 0 fully saturated rings. The van der Waals surface area contributed by atoms with E-state index in [4.69, 9.17) is 10.5 Å². The minimum Gasteiger partial charge on any atom is -0.491 e. The highest BCUT2D eigenvalue weighted by Crippen LogP contribution is 2.22. The van der Waals surface area contributed by atoms with E-state index in [1.165, 1.54) is 11.7 Å². The third kappa shape index (κ3) is 3.01. The Labute approximate surface area is 105 Å². The lowest BCUT2D eigenvalue weighted by Crippen LogP contribution is -2.13. The maximum Gasteiger partial charge on any atom is 0.120 e. The van der Waals surface area contributed by atoms with Crippen molar-refractivity contribution >= 4 is 11.7 Å². The molecule has 17 heavy (non-hydrogen) atoms. The highest BCUT2D eigenvalue weighted by molar-refractivity contribution is 6.99. The quantitative estimate of drug-likeness (QED) is 0.903. The third-order valence-electron chi connectivity index (χ3n) is 2.29.